The van der Waals surface area contributed by atoms with Crippen molar-refractivity contribution in [2.24, 2.45) is 0 Å². The van der Waals surface area contributed by atoms with Crippen molar-refractivity contribution in [1.29, 1.82) is 0 Å². The molecule has 5 heteroatoms. The minimum atomic E-state index is -1.23. The van der Waals surface area contributed by atoms with Gasteiger partial charge in [0, 0.05) is 30.9 Å². The molecule has 0 unspecified atom stereocenters. The topological polar surface area (TPSA) is 38.0 Å². The van der Waals surface area contributed by atoms with E-state index in [9.17, 15) is 13.9 Å². The first-order valence-corrected chi connectivity index (χ1v) is 5.34. The van der Waals surface area contributed by atoms with E-state index in [4.69, 9.17) is 0 Å². The van der Waals surface area contributed by atoms with E-state index in [-0.39, 0.29) is 0 Å². The van der Waals surface area contributed by atoms with Gasteiger partial charge in [0.1, 0.15) is 5.82 Å². The normalized spacial score (nSPS) is 10.8. The highest BCUT2D eigenvalue weighted by Gasteiger charge is 2.12. The Hall–Kier alpha value is -1.91. The number of aromatic nitrogens is 2. The quantitative estimate of drug-likeness (QED) is 0.892. The van der Waals surface area contributed by atoms with Gasteiger partial charge in [0.05, 0.1) is 5.69 Å². The van der Waals surface area contributed by atoms with Gasteiger partial charge in [-0.2, -0.15) is 4.39 Å². The Bertz CT molecular complexity index is 514. The molecule has 2 aromatic rings. The van der Waals surface area contributed by atoms with Gasteiger partial charge in [-0.3, -0.25) is 0 Å². The first-order chi connectivity index (χ1) is 8.13. The summed E-state index contributed by atoms with van der Waals surface area (Å²) < 4.78 is 27.8. The van der Waals surface area contributed by atoms with E-state index < -0.39 is 17.4 Å². The Morgan fingerprint density at radius 3 is 2.76 bits per heavy atom. The summed E-state index contributed by atoms with van der Waals surface area (Å²) in [5, 5.41) is 9.25. The molecule has 0 atom stereocenters. The minimum absolute atomic E-state index is 0.363. The Morgan fingerprint density at radius 2 is 2.12 bits per heavy atom. The lowest BCUT2D eigenvalue weighted by molar-refractivity contribution is 0.406. The SMILES string of the molecule is CCCc1nccn1-c1cc(O)c(F)c(F)c1. The van der Waals surface area contributed by atoms with Gasteiger partial charge in [0.2, 0.25) is 0 Å². The molecule has 0 aliphatic rings. The number of hydrogen-bond acceptors (Lipinski definition) is 2. The van der Waals surface area contributed by atoms with E-state index in [2.05, 4.69) is 4.98 Å². The molecule has 0 radical (unpaired) electrons. The van der Waals surface area contributed by atoms with Gasteiger partial charge >= 0.3 is 0 Å². The van der Waals surface area contributed by atoms with Crippen molar-refractivity contribution in [2.75, 3.05) is 0 Å². The summed E-state index contributed by atoms with van der Waals surface area (Å²) in [5.41, 5.74) is 0.363. The number of nitrogens with zero attached hydrogens (tertiary/aromatic N) is 2. The zero-order chi connectivity index (χ0) is 12.4. The molecule has 0 spiro atoms. The van der Waals surface area contributed by atoms with E-state index in [0.717, 1.165) is 24.7 Å². The van der Waals surface area contributed by atoms with Crippen LogP contribution in [-0.2, 0) is 6.42 Å². The smallest absolute Gasteiger partial charge is 0.200 e. The number of phenolic OH excluding ortho intramolecular Hbond substituents is 1. The van der Waals surface area contributed by atoms with Crippen LogP contribution in [0.4, 0.5) is 8.78 Å². The second-order valence-corrected chi connectivity index (χ2v) is 3.72. The van der Waals surface area contributed by atoms with E-state index >= 15 is 0 Å². The standard InChI is InChI=1S/C12H12F2N2O/c1-2-3-11-15-4-5-16(11)8-6-9(13)12(14)10(17)7-8/h4-7,17H,2-3H2,1H3. The largest absolute Gasteiger partial charge is 0.505 e. The molecular formula is C12H12F2N2O. The minimum Gasteiger partial charge on any atom is -0.505 e. The van der Waals surface area contributed by atoms with Crippen LogP contribution < -0.4 is 0 Å². The molecule has 0 fully saturated rings. The van der Waals surface area contributed by atoms with Gasteiger partial charge in [-0.1, -0.05) is 6.92 Å². The number of aromatic hydroxyl groups is 1. The third kappa shape index (κ3) is 2.13. The maximum absolute atomic E-state index is 13.2. The number of phenols is 1. The summed E-state index contributed by atoms with van der Waals surface area (Å²) in [6.45, 7) is 2.00. The third-order valence-electron chi connectivity index (χ3n) is 2.46. The summed E-state index contributed by atoms with van der Waals surface area (Å²) in [6, 6.07) is 2.22. The molecule has 1 aromatic carbocycles. The van der Waals surface area contributed by atoms with Crippen LogP contribution in [0.3, 0.4) is 0 Å². The van der Waals surface area contributed by atoms with Crippen LogP contribution in [-0.4, -0.2) is 14.7 Å². The highest BCUT2D eigenvalue weighted by atomic mass is 19.2. The van der Waals surface area contributed by atoms with Gasteiger partial charge in [-0.05, 0) is 6.42 Å². The van der Waals surface area contributed by atoms with Crippen LogP contribution in [0.25, 0.3) is 5.69 Å². The Labute approximate surface area is 97.3 Å². The lowest BCUT2D eigenvalue weighted by atomic mass is 10.2. The molecule has 1 N–H and O–H groups in total. The highest BCUT2D eigenvalue weighted by molar-refractivity contribution is 5.41. The van der Waals surface area contributed by atoms with Gasteiger partial charge in [-0.25, -0.2) is 9.37 Å². The predicted molar refractivity (Wildman–Crippen MR) is 59.1 cm³/mol. The van der Waals surface area contributed by atoms with Gasteiger partial charge in [-0.15, -0.1) is 0 Å². The maximum atomic E-state index is 13.2. The molecule has 1 heterocycles. The molecule has 1 aromatic heterocycles. The fourth-order valence-corrected chi connectivity index (χ4v) is 1.68. The number of benzene rings is 1. The first-order valence-electron chi connectivity index (χ1n) is 5.34. The fraction of sp³-hybridized carbons (Fsp3) is 0.250. The Balaban J connectivity index is 2.49. The van der Waals surface area contributed by atoms with Crippen LogP contribution in [0.15, 0.2) is 24.5 Å². The lowest BCUT2D eigenvalue weighted by Crippen LogP contribution is -2.01. The Kier molecular flexibility index (Phi) is 3.08. The highest BCUT2D eigenvalue weighted by Crippen LogP contribution is 2.23. The van der Waals surface area contributed by atoms with Gasteiger partial charge < -0.3 is 9.67 Å². The third-order valence-corrected chi connectivity index (χ3v) is 2.46. The summed E-state index contributed by atoms with van der Waals surface area (Å²) in [4.78, 5) is 4.13. The molecule has 90 valence electrons. The molecule has 0 saturated carbocycles. The molecule has 0 saturated heterocycles. The van der Waals surface area contributed by atoms with Crippen LogP contribution in [0.1, 0.15) is 19.2 Å². The van der Waals surface area contributed by atoms with E-state index in [1.165, 1.54) is 6.07 Å². The van der Waals surface area contributed by atoms with Crippen molar-refractivity contribution < 1.29 is 13.9 Å². The molecule has 0 aliphatic heterocycles. The van der Waals surface area contributed by atoms with Crippen molar-refractivity contribution in [3.63, 3.8) is 0 Å². The second-order valence-electron chi connectivity index (χ2n) is 3.72. The summed E-state index contributed by atoms with van der Waals surface area (Å²) >= 11 is 0. The average Bonchev–Trinajstić information content (AvgIpc) is 2.74. The maximum Gasteiger partial charge on any atom is 0.200 e. The van der Waals surface area contributed by atoms with E-state index in [0.29, 0.717) is 5.69 Å². The van der Waals surface area contributed by atoms with Gasteiger partial charge in [0.15, 0.2) is 17.4 Å². The van der Waals surface area contributed by atoms with E-state index in [1.807, 2.05) is 6.92 Å². The Morgan fingerprint density at radius 1 is 1.35 bits per heavy atom. The van der Waals surface area contributed by atoms with E-state index in [1.54, 1.807) is 17.0 Å². The molecular weight excluding hydrogens is 226 g/mol. The number of imidazole rings is 1. The molecule has 0 bridgehead atoms. The van der Waals surface area contributed by atoms with Crippen LogP contribution in [0.5, 0.6) is 5.75 Å². The van der Waals surface area contributed by atoms with Crippen molar-refractivity contribution in [3.05, 3.63) is 42.0 Å². The molecule has 2 rings (SSSR count). The van der Waals surface area contributed by atoms with Crippen molar-refractivity contribution in [1.82, 2.24) is 9.55 Å². The predicted octanol–water partition coefficient (Wildman–Crippen LogP) is 2.81. The first kappa shape index (κ1) is 11.6. The average molecular weight is 238 g/mol. The zero-order valence-corrected chi connectivity index (χ0v) is 9.32. The lowest BCUT2D eigenvalue weighted by Gasteiger charge is -2.08. The summed E-state index contributed by atoms with van der Waals surface area (Å²) in [7, 11) is 0. The molecule has 0 amide bonds. The number of hydrogen-bond donors (Lipinski definition) is 1. The number of rotatable bonds is 3. The summed E-state index contributed by atoms with van der Waals surface area (Å²) in [6.07, 6.45) is 4.86. The summed E-state index contributed by atoms with van der Waals surface area (Å²) in [5.74, 6) is -2.25. The van der Waals surface area contributed by atoms with Crippen LogP contribution >= 0.6 is 0 Å². The zero-order valence-electron chi connectivity index (χ0n) is 9.32. The van der Waals surface area contributed by atoms with Crippen LogP contribution in [0.2, 0.25) is 0 Å². The fourth-order valence-electron chi connectivity index (χ4n) is 1.68. The number of aryl methyl sites for hydroxylation is 1. The molecule has 0 aliphatic carbocycles. The second kappa shape index (κ2) is 4.53. The molecule has 17 heavy (non-hydrogen) atoms. The number of halogens is 2. The van der Waals surface area contributed by atoms with Crippen molar-refractivity contribution in [3.8, 4) is 11.4 Å². The monoisotopic (exact) mass is 238 g/mol. The van der Waals surface area contributed by atoms with Gasteiger partial charge in [0.25, 0.3) is 0 Å². The van der Waals surface area contributed by atoms with Crippen LogP contribution in [0, 0.1) is 11.6 Å². The van der Waals surface area contributed by atoms with Crippen molar-refractivity contribution in [2.45, 2.75) is 19.8 Å². The van der Waals surface area contributed by atoms with Crippen molar-refractivity contribution >= 4 is 0 Å². The molecule has 3 nitrogen and oxygen atoms in total.